The zero-order valence-corrected chi connectivity index (χ0v) is 29.9. The van der Waals surface area contributed by atoms with Crippen molar-refractivity contribution in [3.8, 4) is 0 Å². The summed E-state index contributed by atoms with van der Waals surface area (Å²) in [6.07, 6.45) is 29.2. The number of aliphatic hydroxyl groups is 1. The molecule has 0 aliphatic carbocycles. The van der Waals surface area contributed by atoms with Crippen LogP contribution in [0.2, 0.25) is 0 Å². The van der Waals surface area contributed by atoms with Gasteiger partial charge in [0.05, 0.1) is 12.7 Å². The molecule has 2 atom stereocenters. The molecule has 0 radical (unpaired) electrons. The van der Waals surface area contributed by atoms with Gasteiger partial charge in [-0.15, -0.1) is 0 Å². The van der Waals surface area contributed by atoms with Gasteiger partial charge in [-0.1, -0.05) is 134 Å². The fourth-order valence-electron chi connectivity index (χ4n) is 4.77. The minimum atomic E-state index is -4.76. The number of esters is 2. The van der Waals surface area contributed by atoms with Crippen LogP contribution in [0.25, 0.3) is 0 Å². The first kappa shape index (κ1) is 44.2. The molecule has 1 unspecified atom stereocenters. The largest absolute Gasteiger partial charge is 0.469 e. The summed E-state index contributed by atoms with van der Waals surface area (Å²) in [5, 5.41) is 9.81. The van der Waals surface area contributed by atoms with Crippen LogP contribution < -0.4 is 0 Å². The van der Waals surface area contributed by atoms with Crippen molar-refractivity contribution in [1.82, 2.24) is 0 Å². The monoisotopic (exact) mass is 672 g/mol. The van der Waals surface area contributed by atoms with Crippen LogP contribution >= 0.6 is 7.82 Å². The number of aliphatic hydroxyl groups excluding tert-OH is 1. The SMILES string of the molecule is CC/C=C/CC(O)/C=C/C=C/CCCCCCCC(=O)OC[C@H](COP(=O)(O)O)OC(=O)CCCCCCCCCCCC(C)C. The molecule has 0 bridgehead atoms. The second-order valence-corrected chi connectivity index (χ2v) is 13.7. The van der Waals surface area contributed by atoms with Gasteiger partial charge in [0.25, 0.3) is 0 Å². The fraction of sp³-hybridized carbons (Fsp3) is 0.778. The van der Waals surface area contributed by atoms with E-state index in [0.717, 1.165) is 63.7 Å². The third kappa shape index (κ3) is 33.6. The highest BCUT2D eigenvalue weighted by molar-refractivity contribution is 7.46. The van der Waals surface area contributed by atoms with E-state index in [1.807, 2.05) is 24.3 Å². The molecule has 0 aromatic rings. The van der Waals surface area contributed by atoms with Crippen LogP contribution in [0.15, 0.2) is 36.5 Å². The summed E-state index contributed by atoms with van der Waals surface area (Å²) in [5.74, 6) is -0.164. The van der Waals surface area contributed by atoms with E-state index in [1.165, 1.54) is 38.5 Å². The molecule has 0 spiro atoms. The van der Waals surface area contributed by atoms with Crippen LogP contribution in [-0.2, 0) is 28.2 Å². The van der Waals surface area contributed by atoms with Gasteiger partial charge >= 0.3 is 19.8 Å². The Hall–Kier alpha value is -1.77. The van der Waals surface area contributed by atoms with E-state index in [-0.39, 0.29) is 19.4 Å². The van der Waals surface area contributed by atoms with Crippen molar-refractivity contribution >= 4 is 19.8 Å². The number of carbonyl (C=O) groups excluding carboxylic acids is 2. The van der Waals surface area contributed by atoms with Gasteiger partial charge in [-0.25, -0.2) is 4.57 Å². The summed E-state index contributed by atoms with van der Waals surface area (Å²) in [6, 6.07) is 0. The molecule has 0 aromatic carbocycles. The lowest BCUT2D eigenvalue weighted by molar-refractivity contribution is -0.161. The highest BCUT2D eigenvalue weighted by atomic mass is 31.2. The number of ether oxygens (including phenoxy) is 2. The van der Waals surface area contributed by atoms with Crippen molar-refractivity contribution in [2.45, 2.75) is 161 Å². The van der Waals surface area contributed by atoms with Gasteiger partial charge in [0, 0.05) is 12.8 Å². The number of unbranched alkanes of at least 4 members (excludes halogenated alkanes) is 13. The van der Waals surface area contributed by atoms with Gasteiger partial charge in [0.1, 0.15) is 6.61 Å². The Kier molecular flexibility index (Phi) is 29.4. The van der Waals surface area contributed by atoms with Crippen molar-refractivity contribution in [3.05, 3.63) is 36.5 Å². The molecule has 3 N–H and O–H groups in total. The lowest BCUT2D eigenvalue weighted by atomic mass is 10.0. The number of phosphoric ester groups is 1. The zero-order valence-electron chi connectivity index (χ0n) is 29.0. The van der Waals surface area contributed by atoms with Crippen LogP contribution in [0.5, 0.6) is 0 Å². The van der Waals surface area contributed by atoms with Crippen LogP contribution in [0.1, 0.15) is 149 Å². The highest BCUT2D eigenvalue weighted by Gasteiger charge is 2.22. The molecular formula is C36H65O9P. The number of hydrogen-bond donors (Lipinski definition) is 3. The van der Waals surface area contributed by atoms with Crippen LogP contribution in [-0.4, -0.2) is 52.3 Å². The first-order chi connectivity index (χ1) is 22.0. The molecule has 0 saturated carbocycles. The van der Waals surface area contributed by atoms with E-state index in [4.69, 9.17) is 19.3 Å². The van der Waals surface area contributed by atoms with Crippen LogP contribution in [0, 0.1) is 5.92 Å². The summed E-state index contributed by atoms with van der Waals surface area (Å²) in [5.41, 5.74) is 0. The van der Waals surface area contributed by atoms with Crippen LogP contribution in [0.3, 0.4) is 0 Å². The Bertz CT molecular complexity index is 879. The maximum atomic E-state index is 12.3. The molecule has 0 fully saturated rings. The molecule has 0 rings (SSSR count). The average Bonchev–Trinajstić information content (AvgIpc) is 2.99. The lowest BCUT2D eigenvalue weighted by Crippen LogP contribution is -2.29. The quantitative estimate of drug-likeness (QED) is 0.0216. The molecule has 0 aromatic heterocycles. The summed E-state index contributed by atoms with van der Waals surface area (Å²) >= 11 is 0. The average molecular weight is 673 g/mol. The van der Waals surface area contributed by atoms with Gasteiger partial charge < -0.3 is 24.4 Å². The number of phosphoric acid groups is 1. The first-order valence-corrected chi connectivity index (χ1v) is 19.3. The van der Waals surface area contributed by atoms with Crippen molar-refractivity contribution in [3.63, 3.8) is 0 Å². The number of rotatable bonds is 31. The summed E-state index contributed by atoms with van der Waals surface area (Å²) < 4.78 is 26.2. The highest BCUT2D eigenvalue weighted by Crippen LogP contribution is 2.36. The topological polar surface area (TPSA) is 140 Å². The van der Waals surface area contributed by atoms with E-state index >= 15 is 0 Å². The van der Waals surface area contributed by atoms with Gasteiger partial charge in [0.15, 0.2) is 6.10 Å². The van der Waals surface area contributed by atoms with E-state index in [1.54, 1.807) is 6.08 Å². The number of allylic oxidation sites excluding steroid dienone is 4. The normalized spacial score (nSPS) is 13.7. The smallest absolute Gasteiger partial charge is 0.462 e. The van der Waals surface area contributed by atoms with E-state index in [0.29, 0.717) is 19.3 Å². The van der Waals surface area contributed by atoms with Gasteiger partial charge in [-0.05, 0) is 44.4 Å². The molecule has 0 aliphatic rings. The second-order valence-electron chi connectivity index (χ2n) is 12.5. The minimum absolute atomic E-state index is 0.197. The molecular weight excluding hydrogens is 607 g/mol. The molecule has 0 heterocycles. The third-order valence-electron chi connectivity index (χ3n) is 7.43. The van der Waals surface area contributed by atoms with Crippen LogP contribution in [0.4, 0.5) is 0 Å². The molecule has 46 heavy (non-hydrogen) atoms. The Balaban J connectivity index is 4.07. The molecule has 0 aliphatic heterocycles. The maximum Gasteiger partial charge on any atom is 0.469 e. The third-order valence-corrected chi connectivity index (χ3v) is 7.92. The standard InChI is InChI=1S/C36H65O9P/c1-4-5-20-26-33(37)27-22-17-13-9-7-10-14-18-23-28-35(38)43-30-34(31-44-46(40,41)42)45-36(39)29-24-19-15-11-6-8-12-16-21-25-32(2)3/h5,13,17,20,22,27,32-34,37H,4,6-12,14-16,18-19,21,23-26,28-31H2,1-3H3,(H2,40,41,42)/b17-13+,20-5+,27-22+/t33?,34-/m1/s1. The Morgan fingerprint density at radius 3 is 1.87 bits per heavy atom. The van der Waals surface area contributed by atoms with E-state index in [9.17, 15) is 19.3 Å². The molecule has 10 heteroatoms. The Labute approximate surface area is 279 Å². The molecule has 9 nitrogen and oxygen atoms in total. The summed E-state index contributed by atoms with van der Waals surface area (Å²) in [6.45, 7) is 5.72. The first-order valence-electron chi connectivity index (χ1n) is 17.7. The molecule has 0 saturated heterocycles. The predicted molar refractivity (Wildman–Crippen MR) is 185 cm³/mol. The van der Waals surface area contributed by atoms with Crippen molar-refractivity contribution < 1.29 is 43.0 Å². The maximum absolute atomic E-state index is 12.3. The Morgan fingerprint density at radius 2 is 1.28 bits per heavy atom. The predicted octanol–water partition coefficient (Wildman–Crippen LogP) is 9.06. The van der Waals surface area contributed by atoms with Gasteiger partial charge in [-0.2, -0.15) is 0 Å². The van der Waals surface area contributed by atoms with Crippen molar-refractivity contribution in [2.24, 2.45) is 5.92 Å². The summed E-state index contributed by atoms with van der Waals surface area (Å²) in [7, 11) is -4.76. The second kappa shape index (κ2) is 30.6. The molecule has 0 amide bonds. The van der Waals surface area contributed by atoms with Crippen molar-refractivity contribution in [2.75, 3.05) is 13.2 Å². The lowest BCUT2D eigenvalue weighted by Gasteiger charge is -2.18. The minimum Gasteiger partial charge on any atom is -0.462 e. The van der Waals surface area contributed by atoms with E-state index < -0.39 is 38.6 Å². The van der Waals surface area contributed by atoms with Crippen molar-refractivity contribution in [1.29, 1.82) is 0 Å². The number of carbonyl (C=O) groups is 2. The van der Waals surface area contributed by atoms with Gasteiger partial charge in [0.2, 0.25) is 0 Å². The zero-order chi connectivity index (χ0) is 34.3. The summed E-state index contributed by atoms with van der Waals surface area (Å²) in [4.78, 5) is 42.6. The van der Waals surface area contributed by atoms with E-state index in [2.05, 4.69) is 31.4 Å². The number of hydrogen-bond acceptors (Lipinski definition) is 7. The fourth-order valence-corrected chi connectivity index (χ4v) is 5.13. The Morgan fingerprint density at radius 1 is 0.717 bits per heavy atom. The van der Waals surface area contributed by atoms with Gasteiger partial charge in [-0.3, -0.25) is 14.1 Å². The molecule has 268 valence electrons.